The quantitative estimate of drug-likeness (QED) is 0.850. The maximum absolute atomic E-state index is 12.6. The summed E-state index contributed by atoms with van der Waals surface area (Å²) in [6, 6.07) is 3.48. The van der Waals surface area contributed by atoms with E-state index in [-0.39, 0.29) is 17.9 Å². The molecular weight excluding hydrogens is 270 g/mol. The maximum Gasteiger partial charge on any atom is 0.345 e. The van der Waals surface area contributed by atoms with E-state index in [1.54, 1.807) is 25.3 Å². The number of esters is 1. The predicted octanol–water partition coefficient (Wildman–Crippen LogP) is 1.96. The third-order valence-electron chi connectivity index (χ3n) is 3.28. The summed E-state index contributed by atoms with van der Waals surface area (Å²) < 4.78 is 6.45. The first kappa shape index (κ1) is 15.0. The molecule has 0 aliphatic heterocycles. The number of aromatic nitrogens is 2. The SMILES string of the molecule is CCCCn1c(=O)c(C(=O)OCC)c(N)c2cccnc21. The van der Waals surface area contributed by atoms with Gasteiger partial charge in [-0.25, -0.2) is 9.78 Å². The van der Waals surface area contributed by atoms with Gasteiger partial charge in [0.2, 0.25) is 0 Å². The first-order valence-corrected chi connectivity index (χ1v) is 7.05. The average Bonchev–Trinajstić information content (AvgIpc) is 2.47. The standard InChI is InChI=1S/C15H19N3O3/c1-3-5-9-18-13-10(7-6-8-17-13)12(16)11(14(18)19)15(20)21-4-2/h6-8H,3-5,9,16H2,1-2H3. The van der Waals surface area contributed by atoms with Gasteiger partial charge in [0.1, 0.15) is 11.2 Å². The lowest BCUT2D eigenvalue weighted by atomic mass is 10.1. The normalized spacial score (nSPS) is 10.8. The van der Waals surface area contributed by atoms with Gasteiger partial charge in [-0.3, -0.25) is 9.36 Å². The molecule has 0 amide bonds. The van der Waals surface area contributed by atoms with E-state index in [4.69, 9.17) is 10.5 Å². The van der Waals surface area contributed by atoms with Crippen molar-refractivity contribution in [2.24, 2.45) is 0 Å². The van der Waals surface area contributed by atoms with Gasteiger partial charge in [-0.2, -0.15) is 0 Å². The zero-order valence-corrected chi connectivity index (χ0v) is 12.3. The molecule has 0 unspecified atom stereocenters. The van der Waals surface area contributed by atoms with Crippen molar-refractivity contribution in [2.75, 3.05) is 12.3 Å². The number of nitrogens with zero attached hydrogens (tertiary/aromatic N) is 2. The van der Waals surface area contributed by atoms with Crippen LogP contribution in [0.4, 0.5) is 5.69 Å². The molecule has 0 radical (unpaired) electrons. The van der Waals surface area contributed by atoms with Crippen molar-refractivity contribution >= 4 is 22.7 Å². The molecule has 6 heteroatoms. The second kappa shape index (κ2) is 6.39. The van der Waals surface area contributed by atoms with E-state index < -0.39 is 11.5 Å². The lowest BCUT2D eigenvalue weighted by molar-refractivity contribution is 0.0525. The van der Waals surface area contributed by atoms with E-state index in [0.717, 1.165) is 12.8 Å². The summed E-state index contributed by atoms with van der Waals surface area (Å²) in [5.74, 6) is -0.684. The lowest BCUT2D eigenvalue weighted by Crippen LogP contribution is -2.30. The van der Waals surface area contributed by atoms with Crippen LogP contribution in [-0.4, -0.2) is 22.1 Å². The number of anilines is 1. The second-order valence-corrected chi connectivity index (χ2v) is 4.69. The van der Waals surface area contributed by atoms with Gasteiger partial charge >= 0.3 is 5.97 Å². The van der Waals surface area contributed by atoms with Gasteiger partial charge in [0.25, 0.3) is 5.56 Å². The lowest BCUT2D eigenvalue weighted by Gasteiger charge is -2.13. The Hall–Kier alpha value is -2.37. The van der Waals surface area contributed by atoms with Crippen molar-refractivity contribution in [1.29, 1.82) is 0 Å². The number of carbonyl (C=O) groups excluding carboxylic acids is 1. The van der Waals surface area contributed by atoms with Crippen molar-refractivity contribution < 1.29 is 9.53 Å². The van der Waals surface area contributed by atoms with Crippen LogP contribution in [0, 0.1) is 0 Å². The number of nitrogen functional groups attached to an aromatic ring is 1. The van der Waals surface area contributed by atoms with Gasteiger partial charge < -0.3 is 10.5 Å². The number of fused-ring (bicyclic) bond motifs is 1. The van der Waals surface area contributed by atoms with Crippen molar-refractivity contribution in [3.8, 4) is 0 Å². The minimum Gasteiger partial charge on any atom is -0.462 e. The molecule has 2 N–H and O–H groups in total. The van der Waals surface area contributed by atoms with Crippen LogP contribution in [0.5, 0.6) is 0 Å². The van der Waals surface area contributed by atoms with E-state index in [1.165, 1.54) is 4.57 Å². The fourth-order valence-electron chi connectivity index (χ4n) is 2.23. The highest BCUT2D eigenvalue weighted by Gasteiger charge is 2.21. The number of hydrogen-bond acceptors (Lipinski definition) is 5. The summed E-state index contributed by atoms with van der Waals surface area (Å²) in [5.41, 5.74) is 6.09. The van der Waals surface area contributed by atoms with Crippen LogP contribution in [-0.2, 0) is 11.3 Å². The van der Waals surface area contributed by atoms with Gasteiger partial charge in [-0.1, -0.05) is 13.3 Å². The van der Waals surface area contributed by atoms with Gasteiger partial charge in [0.15, 0.2) is 0 Å². The number of aryl methyl sites for hydroxylation is 1. The maximum atomic E-state index is 12.6. The minimum absolute atomic E-state index is 0.103. The molecular formula is C15H19N3O3. The molecule has 0 bridgehead atoms. The molecule has 2 heterocycles. The molecule has 21 heavy (non-hydrogen) atoms. The molecule has 112 valence electrons. The van der Waals surface area contributed by atoms with Gasteiger partial charge in [0, 0.05) is 18.1 Å². The Morgan fingerprint density at radius 1 is 1.43 bits per heavy atom. The summed E-state index contributed by atoms with van der Waals surface area (Å²) in [5, 5.41) is 0.594. The van der Waals surface area contributed by atoms with Gasteiger partial charge in [-0.15, -0.1) is 0 Å². The summed E-state index contributed by atoms with van der Waals surface area (Å²) in [6.07, 6.45) is 3.35. The summed E-state index contributed by atoms with van der Waals surface area (Å²) in [7, 11) is 0. The Kier molecular flexibility index (Phi) is 4.57. The molecule has 0 saturated heterocycles. The summed E-state index contributed by atoms with van der Waals surface area (Å²) >= 11 is 0. The molecule has 0 aliphatic rings. The van der Waals surface area contributed by atoms with Crippen molar-refractivity contribution in [3.05, 3.63) is 34.2 Å². The molecule has 0 atom stereocenters. The van der Waals surface area contributed by atoms with Crippen molar-refractivity contribution in [2.45, 2.75) is 33.2 Å². The highest BCUT2D eigenvalue weighted by atomic mass is 16.5. The molecule has 2 aromatic heterocycles. The highest BCUT2D eigenvalue weighted by Crippen LogP contribution is 2.21. The minimum atomic E-state index is -0.684. The Morgan fingerprint density at radius 2 is 2.19 bits per heavy atom. The number of hydrogen-bond donors (Lipinski definition) is 1. The molecule has 0 spiro atoms. The number of unbranched alkanes of at least 4 members (excludes halogenated alkanes) is 1. The first-order valence-electron chi connectivity index (χ1n) is 7.05. The third-order valence-corrected chi connectivity index (χ3v) is 3.28. The van der Waals surface area contributed by atoms with Crippen molar-refractivity contribution in [1.82, 2.24) is 9.55 Å². The molecule has 0 fully saturated rings. The highest BCUT2D eigenvalue weighted by molar-refractivity contribution is 6.03. The van der Waals surface area contributed by atoms with Crippen LogP contribution in [0.2, 0.25) is 0 Å². The topological polar surface area (TPSA) is 87.2 Å². The molecule has 6 nitrogen and oxygen atoms in total. The van der Waals surface area contributed by atoms with Crippen LogP contribution < -0.4 is 11.3 Å². The molecule has 2 rings (SSSR count). The van der Waals surface area contributed by atoms with Crippen LogP contribution >= 0.6 is 0 Å². The van der Waals surface area contributed by atoms with E-state index in [9.17, 15) is 9.59 Å². The zero-order chi connectivity index (χ0) is 15.4. The molecule has 0 aliphatic carbocycles. The monoisotopic (exact) mass is 289 g/mol. The Morgan fingerprint density at radius 3 is 2.86 bits per heavy atom. The molecule has 2 aromatic rings. The predicted molar refractivity (Wildman–Crippen MR) is 81.3 cm³/mol. The summed E-state index contributed by atoms with van der Waals surface area (Å²) in [6.45, 7) is 4.41. The number of carbonyl (C=O) groups is 1. The average molecular weight is 289 g/mol. The number of nitrogens with two attached hydrogens (primary N) is 1. The summed E-state index contributed by atoms with van der Waals surface area (Å²) in [4.78, 5) is 28.8. The number of rotatable bonds is 5. The number of ether oxygens (including phenoxy) is 1. The van der Waals surface area contributed by atoms with Crippen LogP contribution in [0.1, 0.15) is 37.0 Å². The van der Waals surface area contributed by atoms with Crippen LogP contribution in [0.3, 0.4) is 0 Å². The van der Waals surface area contributed by atoms with Gasteiger partial charge in [0.05, 0.1) is 12.3 Å². The largest absolute Gasteiger partial charge is 0.462 e. The number of pyridine rings is 2. The third kappa shape index (κ3) is 2.74. The van der Waals surface area contributed by atoms with E-state index >= 15 is 0 Å². The van der Waals surface area contributed by atoms with Gasteiger partial charge in [-0.05, 0) is 25.5 Å². The van der Waals surface area contributed by atoms with Crippen LogP contribution in [0.25, 0.3) is 11.0 Å². The molecule has 0 aromatic carbocycles. The second-order valence-electron chi connectivity index (χ2n) is 4.69. The fraction of sp³-hybridized carbons (Fsp3) is 0.400. The molecule has 0 saturated carbocycles. The Balaban J connectivity index is 2.74. The van der Waals surface area contributed by atoms with Crippen LogP contribution in [0.15, 0.2) is 23.1 Å². The van der Waals surface area contributed by atoms with E-state index in [0.29, 0.717) is 17.6 Å². The Bertz CT molecular complexity index is 722. The van der Waals surface area contributed by atoms with Crippen molar-refractivity contribution in [3.63, 3.8) is 0 Å². The smallest absolute Gasteiger partial charge is 0.345 e. The fourth-order valence-corrected chi connectivity index (χ4v) is 2.23. The van der Waals surface area contributed by atoms with E-state index in [2.05, 4.69) is 4.98 Å². The van der Waals surface area contributed by atoms with E-state index in [1.807, 2.05) is 6.92 Å². The Labute approximate surface area is 122 Å². The first-order chi connectivity index (χ1) is 10.1. The zero-order valence-electron chi connectivity index (χ0n) is 12.3.